The third kappa shape index (κ3) is 5.31. The third-order valence-electron chi connectivity index (χ3n) is 6.01. The summed E-state index contributed by atoms with van der Waals surface area (Å²) in [5, 5.41) is 8.88. The Morgan fingerprint density at radius 3 is 1.88 bits per heavy atom. The normalized spacial score (nSPS) is 11.7. The predicted octanol–water partition coefficient (Wildman–Crippen LogP) is 7.50. The molecule has 0 saturated carbocycles. The van der Waals surface area contributed by atoms with Gasteiger partial charge in [0.2, 0.25) is 0 Å². The van der Waals surface area contributed by atoms with Crippen LogP contribution in [0.2, 0.25) is 0 Å². The lowest BCUT2D eigenvalue weighted by molar-refractivity contribution is 0.624. The Balaban J connectivity index is 1.33. The van der Waals surface area contributed by atoms with Crippen LogP contribution in [-0.2, 0) is 19.3 Å². The molecule has 4 aromatic carbocycles. The van der Waals surface area contributed by atoms with Crippen molar-refractivity contribution in [1.29, 1.82) is 5.26 Å². The molecule has 0 aliphatic heterocycles. The number of nitriles is 1. The van der Waals surface area contributed by atoms with Crippen molar-refractivity contribution in [2.75, 3.05) is 0 Å². The zero-order chi connectivity index (χ0) is 22.3. The zero-order valence-electron chi connectivity index (χ0n) is 18.3. The molecule has 0 amide bonds. The molecule has 2 heteroatoms. The smallest absolute Gasteiger partial charge is 0.141 e. The van der Waals surface area contributed by atoms with Crippen molar-refractivity contribution in [3.8, 4) is 17.2 Å². The summed E-state index contributed by atoms with van der Waals surface area (Å²) in [7, 11) is 0. The molecule has 0 radical (unpaired) electrons. The van der Waals surface area contributed by atoms with E-state index in [2.05, 4.69) is 73.7 Å². The second-order valence-corrected chi connectivity index (χ2v) is 8.34. The number of benzene rings is 4. The summed E-state index contributed by atoms with van der Waals surface area (Å²) >= 11 is 0. The van der Waals surface area contributed by atoms with Gasteiger partial charge in [-0.25, -0.2) is 4.39 Å². The Labute approximate surface area is 189 Å². The van der Waals surface area contributed by atoms with E-state index >= 15 is 0 Å². The lowest BCUT2D eigenvalue weighted by Crippen LogP contribution is -1.99. The highest BCUT2D eigenvalue weighted by atomic mass is 19.1. The third-order valence-corrected chi connectivity index (χ3v) is 6.01. The van der Waals surface area contributed by atoms with Crippen molar-refractivity contribution in [1.82, 2.24) is 0 Å². The first kappa shape index (κ1) is 21.5. The van der Waals surface area contributed by atoms with E-state index in [1.807, 2.05) is 18.2 Å². The molecule has 4 aromatic rings. The summed E-state index contributed by atoms with van der Waals surface area (Å²) in [6, 6.07) is 34.5. The molecule has 0 heterocycles. The Kier molecular flexibility index (Phi) is 6.78. The molecule has 0 aliphatic carbocycles. The molecule has 0 aliphatic rings. The molecule has 0 fully saturated rings. The molecule has 1 atom stereocenters. The lowest BCUT2D eigenvalue weighted by atomic mass is 9.93. The molecule has 1 nitrogen and oxygen atoms in total. The maximum absolute atomic E-state index is 13.9. The molecule has 0 unspecified atom stereocenters. The van der Waals surface area contributed by atoms with Crippen LogP contribution >= 0.6 is 0 Å². The Hall–Kier alpha value is -3.70. The van der Waals surface area contributed by atoms with Gasteiger partial charge in [0.1, 0.15) is 11.9 Å². The Morgan fingerprint density at radius 1 is 0.719 bits per heavy atom. The van der Waals surface area contributed by atoms with Crippen LogP contribution in [0.25, 0.3) is 11.1 Å². The van der Waals surface area contributed by atoms with Crippen molar-refractivity contribution < 1.29 is 4.39 Å². The van der Waals surface area contributed by atoms with E-state index in [4.69, 9.17) is 5.26 Å². The summed E-state index contributed by atoms with van der Waals surface area (Å²) < 4.78 is 13.9. The summed E-state index contributed by atoms with van der Waals surface area (Å²) in [6.45, 7) is 2.28. The molecule has 32 heavy (non-hydrogen) atoms. The number of hydrogen-bond donors (Lipinski definition) is 0. The van der Waals surface area contributed by atoms with Crippen molar-refractivity contribution in [2.45, 2.75) is 32.1 Å². The van der Waals surface area contributed by atoms with Crippen LogP contribution in [0.4, 0.5) is 4.39 Å². The maximum Gasteiger partial charge on any atom is 0.141 e. The average molecular weight is 420 g/mol. The second-order valence-electron chi connectivity index (χ2n) is 8.34. The van der Waals surface area contributed by atoms with Crippen LogP contribution in [0.15, 0.2) is 97.1 Å². The van der Waals surface area contributed by atoms with E-state index in [1.54, 1.807) is 6.07 Å². The molecule has 0 saturated heterocycles. The standard InChI is InChI=1S/C30H26FN/c1-22(26-5-3-2-4-6-26)19-25-11-9-23(10-12-25)7-8-24-13-15-27(16-14-24)28-17-18-29(21-32)30(31)20-28/h2-6,9-18,20,22H,7-8,19H2,1H3/t22-/m0/s1. The predicted molar refractivity (Wildman–Crippen MR) is 129 cm³/mol. The Morgan fingerprint density at radius 2 is 1.28 bits per heavy atom. The van der Waals surface area contributed by atoms with Gasteiger partial charge in [0, 0.05) is 0 Å². The van der Waals surface area contributed by atoms with E-state index in [-0.39, 0.29) is 5.56 Å². The highest BCUT2D eigenvalue weighted by molar-refractivity contribution is 5.64. The summed E-state index contributed by atoms with van der Waals surface area (Å²) in [4.78, 5) is 0. The van der Waals surface area contributed by atoms with Crippen molar-refractivity contribution >= 4 is 0 Å². The van der Waals surface area contributed by atoms with Gasteiger partial charge in [-0.2, -0.15) is 5.26 Å². The molecule has 4 rings (SSSR count). The first-order valence-electron chi connectivity index (χ1n) is 11.0. The fourth-order valence-corrected chi connectivity index (χ4v) is 4.03. The summed E-state index contributed by atoms with van der Waals surface area (Å²) in [5.74, 6) is 0.0285. The zero-order valence-corrected chi connectivity index (χ0v) is 18.3. The highest BCUT2D eigenvalue weighted by Gasteiger charge is 2.07. The van der Waals surface area contributed by atoms with E-state index < -0.39 is 5.82 Å². The van der Waals surface area contributed by atoms with Crippen LogP contribution in [0.1, 0.15) is 40.7 Å². The molecule has 0 bridgehead atoms. The van der Waals surface area contributed by atoms with Gasteiger partial charge in [0.15, 0.2) is 0 Å². The van der Waals surface area contributed by atoms with E-state index in [0.717, 1.165) is 30.4 Å². The topological polar surface area (TPSA) is 23.8 Å². The van der Waals surface area contributed by atoms with Crippen LogP contribution in [0, 0.1) is 17.1 Å². The molecular weight excluding hydrogens is 393 g/mol. The van der Waals surface area contributed by atoms with Crippen LogP contribution in [-0.4, -0.2) is 0 Å². The molecule has 0 spiro atoms. The molecular formula is C30H26FN. The minimum Gasteiger partial charge on any atom is -0.206 e. The van der Waals surface area contributed by atoms with Crippen LogP contribution in [0.5, 0.6) is 0 Å². The van der Waals surface area contributed by atoms with E-state index in [9.17, 15) is 4.39 Å². The minimum absolute atomic E-state index is 0.0749. The maximum atomic E-state index is 13.9. The highest BCUT2D eigenvalue weighted by Crippen LogP contribution is 2.23. The quantitative estimate of drug-likeness (QED) is 0.304. The van der Waals surface area contributed by atoms with Crippen molar-refractivity contribution in [3.05, 3.63) is 131 Å². The van der Waals surface area contributed by atoms with Gasteiger partial charge in [-0.1, -0.05) is 91.9 Å². The largest absolute Gasteiger partial charge is 0.206 e. The molecule has 0 aromatic heterocycles. The van der Waals surface area contributed by atoms with E-state index in [0.29, 0.717) is 5.92 Å². The van der Waals surface area contributed by atoms with E-state index in [1.165, 1.54) is 34.4 Å². The molecule has 0 N–H and O–H groups in total. The second kappa shape index (κ2) is 10.1. The van der Waals surface area contributed by atoms with Gasteiger partial charge >= 0.3 is 0 Å². The van der Waals surface area contributed by atoms with Crippen molar-refractivity contribution in [2.24, 2.45) is 0 Å². The lowest BCUT2D eigenvalue weighted by Gasteiger charge is -2.12. The van der Waals surface area contributed by atoms with Gasteiger partial charge in [-0.15, -0.1) is 0 Å². The summed E-state index contributed by atoms with van der Waals surface area (Å²) in [6.07, 6.45) is 2.99. The first-order chi connectivity index (χ1) is 15.6. The molecule has 158 valence electrons. The number of halogens is 1. The average Bonchev–Trinajstić information content (AvgIpc) is 2.84. The van der Waals surface area contributed by atoms with Gasteiger partial charge in [-0.05, 0) is 70.7 Å². The fourth-order valence-electron chi connectivity index (χ4n) is 4.03. The Bertz CT molecular complexity index is 1200. The number of nitrogens with zero attached hydrogens (tertiary/aromatic N) is 1. The SMILES string of the molecule is C[C@@H](Cc1ccc(CCc2ccc(-c3ccc(C#N)c(F)c3)cc2)cc1)c1ccccc1. The number of hydrogen-bond acceptors (Lipinski definition) is 1. The minimum atomic E-state index is -0.476. The van der Waals surface area contributed by atoms with Gasteiger partial charge in [0.25, 0.3) is 0 Å². The van der Waals surface area contributed by atoms with Gasteiger partial charge in [0.05, 0.1) is 5.56 Å². The monoisotopic (exact) mass is 419 g/mol. The van der Waals surface area contributed by atoms with Gasteiger partial charge in [-0.3, -0.25) is 0 Å². The first-order valence-corrected chi connectivity index (χ1v) is 11.0. The summed E-state index contributed by atoms with van der Waals surface area (Å²) in [5.41, 5.74) is 7.14. The number of aryl methyl sites for hydroxylation is 2. The van der Waals surface area contributed by atoms with Gasteiger partial charge < -0.3 is 0 Å². The fraction of sp³-hybridized carbons (Fsp3) is 0.167. The van der Waals surface area contributed by atoms with Crippen molar-refractivity contribution in [3.63, 3.8) is 0 Å². The number of rotatable bonds is 7. The van der Waals surface area contributed by atoms with Crippen LogP contribution < -0.4 is 0 Å². The van der Waals surface area contributed by atoms with Crippen LogP contribution in [0.3, 0.4) is 0 Å².